The van der Waals surface area contributed by atoms with Gasteiger partial charge in [-0.1, -0.05) is 30.3 Å². The Labute approximate surface area is 129 Å². The van der Waals surface area contributed by atoms with Gasteiger partial charge in [0.05, 0.1) is 7.11 Å². The van der Waals surface area contributed by atoms with Crippen LogP contribution in [0.3, 0.4) is 0 Å². The first-order valence-electron chi connectivity index (χ1n) is 7.41. The molecule has 2 aliphatic rings. The molecule has 3 heteroatoms. The van der Waals surface area contributed by atoms with Gasteiger partial charge in [-0.3, -0.25) is 4.79 Å². The SMILES string of the molecule is COc1ccc2c(c1)[C@@H]1C(c3ccccc3)=CC(=O)[C@]1(C)N2. The second-order valence-electron chi connectivity index (χ2n) is 6.04. The molecule has 0 bridgehead atoms. The standard InChI is InChI=1S/C19H17NO2/c1-19-17(21)11-14(12-6-4-3-5-7-12)18(19)15-10-13(22-2)8-9-16(15)20-19/h3-11,18,20H,1-2H3/t18-,19-/m0/s1. The van der Waals surface area contributed by atoms with Crippen LogP contribution in [0.15, 0.2) is 54.6 Å². The lowest BCUT2D eigenvalue weighted by Gasteiger charge is -2.25. The van der Waals surface area contributed by atoms with E-state index in [-0.39, 0.29) is 11.7 Å². The molecule has 2 aromatic carbocycles. The van der Waals surface area contributed by atoms with Crippen LogP contribution in [-0.2, 0) is 4.79 Å². The Morgan fingerprint density at radius 1 is 1.14 bits per heavy atom. The Kier molecular flexibility index (Phi) is 2.67. The number of rotatable bonds is 2. The highest BCUT2D eigenvalue weighted by atomic mass is 16.5. The maximum Gasteiger partial charge on any atom is 0.181 e. The number of ether oxygens (including phenoxy) is 1. The van der Waals surface area contributed by atoms with Crippen LogP contribution in [0, 0.1) is 0 Å². The number of nitrogens with one attached hydrogen (secondary N) is 1. The van der Waals surface area contributed by atoms with E-state index in [0.717, 1.165) is 28.1 Å². The van der Waals surface area contributed by atoms with Gasteiger partial charge in [-0.25, -0.2) is 0 Å². The molecule has 0 amide bonds. The van der Waals surface area contributed by atoms with E-state index < -0.39 is 5.54 Å². The van der Waals surface area contributed by atoms with Crippen LogP contribution in [0.5, 0.6) is 5.75 Å². The Bertz CT molecular complexity index is 794. The lowest BCUT2D eigenvalue weighted by molar-refractivity contribution is -0.117. The van der Waals surface area contributed by atoms with Crippen molar-refractivity contribution >= 4 is 17.0 Å². The second kappa shape index (κ2) is 4.47. The third kappa shape index (κ3) is 1.65. The summed E-state index contributed by atoms with van der Waals surface area (Å²) >= 11 is 0. The molecule has 1 aliphatic heterocycles. The Morgan fingerprint density at radius 3 is 2.64 bits per heavy atom. The van der Waals surface area contributed by atoms with Crippen LogP contribution in [0.25, 0.3) is 5.57 Å². The van der Waals surface area contributed by atoms with Gasteiger partial charge in [-0.15, -0.1) is 0 Å². The number of hydrogen-bond acceptors (Lipinski definition) is 3. The van der Waals surface area contributed by atoms with Crippen molar-refractivity contribution in [2.24, 2.45) is 0 Å². The lowest BCUT2D eigenvalue weighted by atomic mass is 9.81. The number of anilines is 1. The van der Waals surface area contributed by atoms with E-state index in [1.165, 1.54) is 0 Å². The van der Waals surface area contributed by atoms with Crippen LogP contribution in [-0.4, -0.2) is 18.4 Å². The normalized spacial score (nSPS) is 25.3. The third-order valence-electron chi connectivity index (χ3n) is 4.76. The van der Waals surface area contributed by atoms with Crippen molar-refractivity contribution in [1.82, 2.24) is 0 Å². The van der Waals surface area contributed by atoms with Gasteiger partial charge < -0.3 is 10.1 Å². The van der Waals surface area contributed by atoms with E-state index in [0.29, 0.717) is 0 Å². The monoisotopic (exact) mass is 291 g/mol. The molecule has 0 spiro atoms. The summed E-state index contributed by atoms with van der Waals surface area (Å²) in [5.74, 6) is 0.968. The summed E-state index contributed by atoms with van der Waals surface area (Å²) in [4.78, 5) is 12.6. The predicted molar refractivity (Wildman–Crippen MR) is 87.2 cm³/mol. The number of hydrogen-bond donors (Lipinski definition) is 1. The lowest BCUT2D eigenvalue weighted by Crippen LogP contribution is -2.40. The van der Waals surface area contributed by atoms with E-state index >= 15 is 0 Å². The summed E-state index contributed by atoms with van der Waals surface area (Å²) in [7, 11) is 1.66. The van der Waals surface area contributed by atoms with E-state index in [2.05, 4.69) is 17.4 Å². The van der Waals surface area contributed by atoms with Crippen molar-refractivity contribution in [2.45, 2.75) is 18.4 Å². The van der Waals surface area contributed by atoms with Gasteiger partial charge in [0.15, 0.2) is 5.78 Å². The van der Waals surface area contributed by atoms with Gasteiger partial charge in [0, 0.05) is 11.6 Å². The van der Waals surface area contributed by atoms with Crippen LogP contribution in [0.4, 0.5) is 5.69 Å². The number of methoxy groups -OCH3 is 1. The fraction of sp³-hybridized carbons (Fsp3) is 0.211. The van der Waals surface area contributed by atoms with Gasteiger partial charge in [0.2, 0.25) is 0 Å². The molecule has 0 fully saturated rings. The summed E-state index contributed by atoms with van der Waals surface area (Å²) in [5, 5.41) is 3.42. The molecule has 0 unspecified atom stereocenters. The second-order valence-corrected chi connectivity index (χ2v) is 6.04. The van der Waals surface area contributed by atoms with E-state index in [4.69, 9.17) is 4.74 Å². The first-order valence-corrected chi connectivity index (χ1v) is 7.41. The average molecular weight is 291 g/mol. The first kappa shape index (κ1) is 13.1. The molecule has 4 rings (SSSR count). The fourth-order valence-corrected chi connectivity index (χ4v) is 3.62. The molecule has 0 aromatic heterocycles. The fourth-order valence-electron chi connectivity index (χ4n) is 3.62. The van der Waals surface area contributed by atoms with Gasteiger partial charge in [0.25, 0.3) is 0 Å². The van der Waals surface area contributed by atoms with E-state index in [1.54, 1.807) is 13.2 Å². The molecule has 1 N–H and O–H groups in total. The maximum atomic E-state index is 12.6. The molecule has 1 heterocycles. The summed E-state index contributed by atoms with van der Waals surface area (Å²) in [6, 6.07) is 16.1. The number of ketones is 1. The molecule has 0 saturated heterocycles. The average Bonchev–Trinajstić information content (AvgIpc) is 2.98. The summed E-state index contributed by atoms with van der Waals surface area (Å²) in [5.41, 5.74) is 3.72. The van der Waals surface area contributed by atoms with Crippen molar-refractivity contribution in [2.75, 3.05) is 12.4 Å². The summed E-state index contributed by atoms with van der Waals surface area (Å²) in [6.07, 6.45) is 1.79. The third-order valence-corrected chi connectivity index (χ3v) is 4.76. The van der Waals surface area contributed by atoms with Crippen LogP contribution < -0.4 is 10.1 Å². The molecule has 22 heavy (non-hydrogen) atoms. The quantitative estimate of drug-likeness (QED) is 0.918. The molecular weight excluding hydrogens is 274 g/mol. The molecule has 2 aromatic rings. The summed E-state index contributed by atoms with van der Waals surface area (Å²) < 4.78 is 5.36. The van der Waals surface area contributed by atoms with Crippen LogP contribution in [0.2, 0.25) is 0 Å². The van der Waals surface area contributed by atoms with Crippen molar-refractivity contribution in [3.63, 3.8) is 0 Å². The molecule has 0 radical (unpaired) electrons. The van der Waals surface area contributed by atoms with Crippen molar-refractivity contribution < 1.29 is 9.53 Å². The van der Waals surface area contributed by atoms with Gasteiger partial charge >= 0.3 is 0 Å². The largest absolute Gasteiger partial charge is 0.497 e. The molecule has 0 saturated carbocycles. The highest BCUT2D eigenvalue weighted by Gasteiger charge is 2.52. The summed E-state index contributed by atoms with van der Waals surface area (Å²) in [6.45, 7) is 1.99. The molecular formula is C19H17NO2. The predicted octanol–water partition coefficient (Wildman–Crippen LogP) is 3.63. The highest BCUT2D eigenvalue weighted by Crippen LogP contribution is 2.54. The smallest absolute Gasteiger partial charge is 0.181 e. The van der Waals surface area contributed by atoms with Crippen molar-refractivity contribution in [1.29, 1.82) is 0 Å². The van der Waals surface area contributed by atoms with Gasteiger partial charge in [0.1, 0.15) is 11.3 Å². The zero-order valence-electron chi connectivity index (χ0n) is 12.6. The number of fused-ring (bicyclic) bond motifs is 3. The highest BCUT2D eigenvalue weighted by molar-refractivity contribution is 6.14. The minimum absolute atomic E-state index is 0.0208. The Morgan fingerprint density at radius 2 is 1.91 bits per heavy atom. The van der Waals surface area contributed by atoms with Crippen molar-refractivity contribution in [3.05, 3.63) is 65.7 Å². The van der Waals surface area contributed by atoms with E-state index in [9.17, 15) is 4.79 Å². The topological polar surface area (TPSA) is 38.3 Å². The Balaban J connectivity index is 1.89. The van der Waals surface area contributed by atoms with Gasteiger partial charge in [-0.05, 0) is 47.9 Å². The maximum absolute atomic E-state index is 12.6. The minimum atomic E-state index is -0.597. The van der Waals surface area contributed by atoms with Crippen LogP contribution in [0.1, 0.15) is 24.0 Å². The zero-order valence-corrected chi connectivity index (χ0v) is 12.6. The zero-order chi connectivity index (χ0) is 15.3. The number of carbonyl (C=O) groups is 1. The van der Waals surface area contributed by atoms with Crippen LogP contribution >= 0.6 is 0 Å². The molecule has 110 valence electrons. The molecule has 3 nitrogen and oxygen atoms in total. The number of benzene rings is 2. The number of carbonyl (C=O) groups excluding carboxylic acids is 1. The Hall–Kier alpha value is -2.55. The minimum Gasteiger partial charge on any atom is -0.497 e. The van der Waals surface area contributed by atoms with E-state index in [1.807, 2.05) is 43.3 Å². The van der Waals surface area contributed by atoms with Crippen molar-refractivity contribution in [3.8, 4) is 5.75 Å². The van der Waals surface area contributed by atoms with Gasteiger partial charge in [-0.2, -0.15) is 0 Å². The molecule has 2 atom stereocenters. The first-order chi connectivity index (χ1) is 10.6. The molecule has 1 aliphatic carbocycles.